The number of hydrogen-bond donors (Lipinski definition) is 1. The summed E-state index contributed by atoms with van der Waals surface area (Å²) in [6.45, 7) is 0. The van der Waals surface area contributed by atoms with E-state index in [9.17, 15) is 10.1 Å². The van der Waals surface area contributed by atoms with E-state index in [4.69, 9.17) is 22.1 Å². The van der Waals surface area contributed by atoms with E-state index in [1.54, 1.807) is 42.5 Å². The van der Waals surface area contributed by atoms with Crippen LogP contribution in [-0.4, -0.2) is 5.78 Å². The maximum atomic E-state index is 12.5. The topological polar surface area (TPSA) is 76.1 Å². The summed E-state index contributed by atoms with van der Waals surface area (Å²) in [6.07, 6.45) is 0.129. The van der Waals surface area contributed by atoms with Crippen LogP contribution >= 0.6 is 11.6 Å². The molecular formula is C18H13ClN2O2. The van der Waals surface area contributed by atoms with Gasteiger partial charge < -0.3 is 10.5 Å². The van der Waals surface area contributed by atoms with Crippen molar-refractivity contribution in [2.45, 2.75) is 12.3 Å². The number of nitrogens with two attached hydrogens (primary N) is 1. The molecule has 0 saturated carbocycles. The summed E-state index contributed by atoms with van der Waals surface area (Å²) in [6, 6.07) is 16.1. The van der Waals surface area contributed by atoms with Crippen LogP contribution in [0.1, 0.15) is 28.3 Å². The third-order valence-electron chi connectivity index (χ3n) is 3.79. The van der Waals surface area contributed by atoms with E-state index >= 15 is 0 Å². The molecule has 1 atom stereocenters. The summed E-state index contributed by atoms with van der Waals surface area (Å²) in [5, 5.41) is 9.91. The van der Waals surface area contributed by atoms with Gasteiger partial charge in [-0.05, 0) is 18.2 Å². The minimum absolute atomic E-state index is 0.0354. The van der Waals surface area contributed by atoms with E-state index in [0.717, 1.165) is 0 Å². The van der Waals surface area contributed by atoms with Crippen molar-refractivity contribution in [2.75, 3.05) is 0 Å². The fraction of sp³-hybridized carbons (Fsp3) is 0.111. The highest BCUT2D eigenvalue weighted by atomic mass is 35.5. The van der Waals surface area contributed by atoms with E-state index in [1.165, 1.54) is 0 Å². The highest BCUT2D eigenvalue weighted by Crippen LogP contribution is 2.41. The van der Waals surface area contributed by atoms with Crippen molar-refractivity contribution in [3.05, 3.63) is 76.1 Å². The first-order valence-corrected chi connectivity index (χ1v) is 7.43. The third-order valence-corrected chi connectivity index (χ3v) is 4.02. The van der Waals surface area contributed by atoms with E-state index < -0.39 is 5.92 Å². The minimum Gasteiger partial charge on any atom is -0.440 e. The quantitative estimate of drug-likeness (QED) is 0.872. The zero-order valence-corrected chi connectivity index (χ0v) is 12.9. The van der Waals surface area contributed by atoms with Gasteiger partial charge in [0.15, 0.2) is 5.78 Å². The molecule has 2 aromatic rings. The zero-order valence-electron chi connectivity index (χ0n) is 12.1. The second-order valence-electron chi connectivity index (χ2n) is 5.22. The van der Waals surface area contributed by atoms with Crippen molar-refractivity contribution in [3.63, 3.8) is 0 Å². The molecule has 0 aliphatic carbocycles. The van der Waals surface area contributed by atoms with Gasteiger partial charge in [-0.1, -0.05) is 41.9 Å². The lowest BCUT2D eigenvalue weighted by Gasteiger charge is -2.25. The highest BCUT2D eigenvalue weighted by molar-refractivity contribution is 6.30. The average Bonchev–Trinajstić information content (AvgIpc) is 2.56. The molecule has 0 radical (unpaired) electrons. The molecule has 0 amide bonds. The van der Waals surface area contributed by atoms with Gasteiger partial charge >= 0.3 is 0 Å². The number of halogens is 1. The molecule has 0 spiro atoms. The molecule has 114 valence electrons. The lowest BCUT2D eigenvalue weighted by Crippen LogP contribution is -2.22. The molecule has 1 heterocycles. The Hall–Kier alpha value is -2.77. The molecular weight excluding hydrogens is 312 g/mol. The monoisotopic (exact) mass is 324 g/mol. The second kappa shape index (κ2) is 6.15. The lowest BCUT2D eigenvalue weighted by molar-refractivity contribution is 0.0976. The molecule has 0 unspecified atom stereocenters. The van der Waals surface area contributed by atoms with Gasteiger partial charge in [-0.15, -0.1) is 0 Å². The van der Waals surface area contributed by atoms with Crippen LogP contribution in [0.25, 0.3) is 0 Å². The normalized spacial score (nSPS) is 16.3. The van der Waals surface area contributed by atoms with E-state index in [0.29, 0.717) is 21.9 Å². The van der Waals surface area contributed by atoms with Crippen LogP contribution in [0.5, 0.6) is 5.75 Å². The van der Waals surface area contributed by atoms with Crippen molar-refractivity contribution in [2.24, 2.45) is 5.73 Å². The molecule has 0 aromatic heterocycles. The maximum absolute atomic E-state index is 12.5. The number of hydrogen-bond acceptors (Lipinski definition) is 4. The Kier molecular flexibility index (Phi) is 4.05. The SMILES string of the molecule is N#CC1=C(N)Oc2ccc(Cl)cc2[C@@H]1CC(=O)c1ccccc1. The van der Waals surface area contributed by atoms with Gasteiger partial charge in [-0.2, -0.15) is 5.26 Å². The van der Waals surface area contributed by atoms with Gasteiger partial charge in [0.05, 0.1) is 5.57 Å². The van der Waals surface area contributed by atoms with Crippen LogP contribution in [0.15, 0.2) is 60.0 Å². The Morgan fingerprint density at radius 3 is 2.70 bits per heavy atom. The van der Waals surface area contributed by atoms with Crippen LogP contribution in [-0.2, 0) is 0 Å². The molecule has 2 aromatic carbocycles. The Bertz CT molecular complexity index is 838. The fourth-order valence-corrected chi connectivity index (χ4v) is 2.84. The molecule has 2 N–H and O–H groups in total. The Balaban J connectivity index is 2.01. The minimum atomic E-state index is -0.463. The molecule has 4 nitrogen and oxygen atoms in total. The maximum Gasteiger partial charge on any atom is 0.205 e. The van der Waals surface area contributed by atoms with Gasteiger partial charge in [-0.3, -0.25) is 4.79 Å². The van der Waals surface area contributed by atoms with Crippen molar-refractivity contribution >= 4 is 17.4 Å². The standard InChI is InChI=1S/C18H13ClN2O2/c19-12-6-7-17-14(8-12)13(15(10-20)18(21)23-17)9-16(22)11-4-2-1-3-5-11/h1-8,13H,9,21H2/t13-/m0/s1. The van der Waals surface area contributed by atoms with Crippen molar-refractivity contribution in [3.8, 4) is 11.8 Å². The van der Waals surface area contributed by atoms with Gasteiger partial charge in [-0.25, -0.2) is 0 Å². The molecule has 0 fully saturated rings. The van der Waals surface area contributed by atoms with E-state index in [2.05, 4.69) is 6.07 Å². The second-order valence-corrected chi connectivity index (χ2v) is 5.66. The third kappa shape index (κ3) is 2.92. The van der Waals surface area contributed by atoms with Gasteiger partial charge in [0.25, 0.3) is 0 Å². The number of Topliss-reactive ketones (excluding diaryl/α,β-unsaturated/α-hetero) is 1. The number of ether oxygens (including phenoxy) is 1. The molecule has 23 heavy (non-hydrogen) atoms. The van der Waals surface area contributed by atoms with Crippen molar-refractivity contribution in [1.29, 1.82) is 5.26 Å². The predicted octanol–water partition coefficient (Wildman–Crippen LogP) is 3.78. The molecule has 0 bridgehead atoms. The van der Waals surface area contributed by atoms with Gasteiger partial charge in [0.1, 0.15) is 11.8 Å². The summed E-state index contributed by atoms with van der Waals surface area (Å²) < 4.78 is 5.47. The summed E-state index contributed by atoms with van der Waals surface area (Å²) in [5.41, 5.74) is 7.39. The predicted molar refractivity (Wildman–Crippen MR) is 87.0 cm³/mol. The Morgan fingerprint density at radius 2 is 2.00 bits per heavy atom. The van der Waals surface area contributed by atoms with Crippen molar-refractivity contribution < 1.29 is 9.53 Å². The number of benzene rings is 2. The van der Waals surface area contributed by atoms with Gasteiger partial charge in [0.2, 0.25) is 5.88 Å². The van der Waals surface area contributed by atoms with E-state index in [1.807, 2.05) is 6.07 Å². The first-order valence-electron chi connectivity index (χ1n) is 7.05. The molecule has 5 heteroatoms. The Labute approximate surface area is 138 Å². The van der Waals surface area contributed by atoms with Crippen LogP contribution in [0.4, 0.5) is 0 Å². The number of ketones is 1. The number of fused-ring (bicyclic) bond motifs is 1. The largest absolute Gasteiger partial charge is 0.440 e. The number of carbonyl (C=O) groups excluding carboxylic acids is 1. The summed E-state index contributed by atoms with van der Waals surface area (Å²) >= 11 is 6.05. The molecule has 3 rings (SSSR count). The zero-order chi connectivity index (χ0) is 16.4. The fourth-order valence-electron chi connectivity index (χ4n) is 2.66. The van der Waals surface area contributed by atoms with Crippen LogP contribution in [0.2, 0.25) is 5.02 Å². The first kappa shape index (κ1) is 15.1. The number of rotatable bonds is 3. The Morgan fingerprint density at radius 1 is 1.26 bits per heavy atom. The lowest BCUT2D eigenvalue weighted by atomic mass is 9.84. The number of nitriles is 1. The smallest absolute Gasteiger partial charge is 0.205 e. The summed E-state index contributed by atoms with van der Waals surface area (Å²) in [4.78, 5) is 12.5. The van der Waals surface area contributed by atoms with E-state index in [-0.39, 0.29) is 23.7 Å². The average molecular weight is 325 g/mol. The van der Waals surface area contributed by atoms with Gasteiger partial charge in [0, 0.05) is 28.5 Å². The number of carbonyl (C=O) groups is 1. The van der Waals surface area contributed by atoms with Crippen LogP contribution in [0, 0.1) is 11.3 Å². The molecule has 1 aliphatic heterocycles. The molecule has 0 saturated heterocycles. The van der Waals surface area contributed by atoms with Crippen molar-refractivity contribution in [1.82, 2.24) is 0 Å². The summed E-state index contributed by atoms with van der Waals surface area (Å²) in [5.74, 6) is 0.0316. The first-order chi connectivity index (χ1) is 11.1. The summed E-state index contributed by atoms with van der Waals surface area (Å²) in [7, 11) is 0. The highest BCUT2D eigenvalue weighted by Gasteiger charge is 2.31. The van der Waals surface area contributed by atoms with Crippen LogP contribution in [0.3, 0.4) is 0 Å². The molecule has 1 aliphatic rings. The number of allylic oxidation sites excluding steroid dienone is 1. The van der Waals surface area contributed by atoms with Crippen LogP contribution < -0.4 is 10.5 Å². The number of nitrogens with zero attached hydrogens (tertiary/aromatic N) is 1.